The molecule has 1 atom stereocenters. The average Bonchev–Trinajstić information content (AvgIpc) is 3.26. The van der Waals surface area contributed by atoms with E-state index < -0.39 is 15.1 Å². The number of hydrogen-bond acceptors (Lipinski definition) is 5. The molecule has 1 aliphatic rings. The summed E-state index contributed by atoms with van der Waals surface area (Å²) in [6, 6.07) is 9.87. The minimum atomic E-state index is -3.44. The minimum Gasteiger partial charge on any atom is -0.261 e. The van der Waals surface area contributed by atoms with E-state index in [1.807, 2.05) is 35.0 Å². The molecule has 0 N–H and O–H groups in total. The zero-order valence-corrected chi connectivity index (χ0v) is 15.4. The minimum absolute atomic E-state index is 0.0765. The van der Waals surface area contributed by atoms with Crippen molar-refractivity contribution >= 4 is 9.84 Å². The van der Waals surface area contributed by atoms with E-state index in [0.717, 1.165) is 36.2 Å². The highest BCUT2D eigenvalue weighted by Crippen LogP contribution is 2.31. The first-order valence-electron chi connectivity index (χ1n) is 8.69. The first kappa shape index (κ1) is 16.9. The van der Waals surface area contributed by atoms with E-state index in [1.165, 1.54) is 18.6 Å². The summed E-state index contributed by atoms with van der Waals surface area (Å²) in [5, 5.41) is 3.95. The van der Waals surface area contributed by atoms with Crippen molar-refractivity contribution in [2.45, 2.75) is 37.2 Å². The van der Waals surface area contributed by atoms with Gasteiger partial charge in [0.05, 0.1) is 22.8 Å². The van der Waals surface area contributed by atoms with Crippen molar-refractivity contribution in [2.24, 2.45) is 0 Å². The number of benzene rings is 1. The van der Waals surface area contributed by atoms with Crippen LogP contribution in [0.3, 0.4) is 0 Å². The molecule has 7 heteroatoms. The SMILES string of the molecule is CC(c1cnccn1)S(=O)(=O)Cc1nn(-c2ccccc2)c2c1CCC2. The second kappa shape index (κ2) is 6.64. The van der Waals surface area contributed by atoms with Crippen molar-refractivity contribution in [3.05, 3.63) is 71.6 Å². The summed E-state index contributed by atoms with van der Waals surface area (Å²) in [7, 11) is -3.44. The predicted molar refractivity (Wildman–Crippen MR) is 98.7 cm³/mol. The molecule has 1 aromatic carbocycles. The smallest absolute Gasteiger partial charge is 0.164 e. The zero-order chi connectivity index (χ0) is 18.1. The molecule has 1 aliphatic carbocycles. The van der Waals surface area contributed by atoms with Crippen LogP contribution in [0.5, 0.6) is 0 Å². The van der Waals surface area contributed by atoms with Crippen LogP contribution in [0, 0.1) is 0 Å². The number of sulfone groups is 1. The maximum Gasteiger partial charge on any atom is 0.164 e. The number of fused-ring (bicyclic) bond motifs is 1. The van der Waals surface area contributed by atoms with Gasteiger partial charge in [0.25, 0.3) is 0 Å². The van der Waals surface area contributed by atoms with Gasteiger partial charge < -0.3 is 0 Å². The second-order valence-electron chi connectivity index (χ2n) is 6.55. The number of hydrogen-bond donors (Lipinski definition) is 0. The molecular formula is C19H20N4O2S. The van der Waals surface area contributed by atoms with E-state index in [0.29, 0.717) is 11.4 Å². The molecule has 0 saturated heterocycles. The van der Waals surface area contributed by atoms with Crippen LogP contribution in [0.15, 0.2) is 48.9 Å². The first-order chi connectivity index (χ1) is 12.6. The van der Waals surface area contributed by atoms with Crippen LogP contribution in [-0.2, 0) is 28.4 Å². The third-order valence-electron chi connectivity index (χ3n) is 4.89. The lowest BCUT2D eigenvalue weighted by Gasteiger charge is -2.11. The van der Waals surface area contributed by atoms with Crippen LogP contribution in [0.2, 0.25) is 0 Å². The Kier molecular flexibility index (Phi) is 4.32. The Labute approximate surface area is 152 Å². The quantitative estimate of drug-likeness (QED) is 0.692. The van der Waals surface area contributed by atoms with Crippen LogP contribution in [0.25, 0.3) is 5.69 Å². The summed E-state index contributed by atoms with van der Waals surface area (Å²) >= 11 is 0. The van der Waals surface area contributed by atoms with Gasteiger partial charge in [-0.05, 0) is 43.9 Å². The third-order valence-corrected chi connectivity index (χ3v) is 6.89. The van der Waals surface area contributed by atoms with Gasteiger partial charge in [-0.1, -0.05) is 18.2 Å². The Balaban J connectivity index is 1.69. The second-order valence-corrected chi connectivity index (χ2v) is 8.87. The summed E-state index contributed by atoms with van der Waals surface area (Å²) in [5.74, 6) is -0.0765. The maximum atomic E-state index is 12.9. The Morgan fingerprint density at radius 1 is 1.15 bits per heavy atom. The topological polar surface area (TPSA) is 77.7 Å². The van der Waals surface area contributed by atoms with Gasteiger partial charge in [-0.3, -0.25) is 9.97 Å². The molecule has 0 aliphatic heterocycles. The molecule has 4 rings (SSSR count). The van der Waals surface area contributed by atoms with Crippen molar-refractivity contribution < 1.29 is 8.42 Å². The molecule has 1 unspecified atom stereocenters. The van der Waals surface area contributed by atoms with E-state index in [9.17, 15) is 8.42 Å². The number of rotatable bonds is 5. The summed E-state index contributed by atoms with van der Waals surface area (Å²) in [5.41, 5.74) is 4.32. The van der Waals surface area contributed by atoms with Crippen LogP contribution in [0.4, 0.5) is 0 Å². The molecule has 26 heavy (non-hydrogen) atoms. The normalized spacial score (nSPS) is 15.0. The lowest BCUT2D eigenvalue weighted by Crippen LogP contribution is -2.15. The zero-order valence-electron chi connectivity index (χ0n) is 14.5. The molecule has 6 nitrogen and oxygen atoms in total. The van der Waals surface area contributed by atoms with E-state index in [4.69, 9.17) is 0 Å². The third kappa shape index (κ3) is 3.03. The van der Waals surface area contributed by atoms with E-state index in [1.54, 1.807) is 6.92 Å². The molecule has 0 fully saturated rings. The number of aromatic nitrogens is 4. The molecule has 0 radical (unpaired) electrons. The molecule has 0 amide bonds. The largest absolute Gasteiger partial charge is 0.261 e. The van der Waals surface area contributed by atoms with Crippen molar-refractivity contribution in [3.63, 3.8) is 0 Å². The van der Waals surface area contributed by atoms with Crippen molar-refractivity contribution in [2.75, 3.05) is 0 Å². The average molecular weight is 368 g/mol. The monoisotopic (exact) mass is 368 g/mol. The molecule has 134 valence electrons. The number of nitrogens with zero attached hydrogens (tertiary/aromatic N) is 4. The Morgan fingerprint density at radius 2 is 1.96 bits per heavy atom. The molecule has 0 saturated carbocycles. The highest BCUT2D eigenvalue weighted by molar-refractivity contribution is 7.90. The van der Waals surface area contributed by atoms with E-state index in [2.05, 4.69) is 15.1 Å². The highest BCUT2D eigenvalue weighted by Gasteiger charge is 2.30. The summed E-state index contributed by atoms with van der Waals surface area (Å²) in [4.78, 5) is 8.13. The first-order valence-corrected chi connectivity index (χ1v) is 10.4. The Bertz CT molecular complexity index is 1010. The maximum absolute atomic E-state index is 12.9. The molecule has 0 bridgehead atoms. The lowest BCUT2D eigenvalue weighted by atomic mass is 10.2. The molecular weight excluding hydrogens is 348 g/mol. The fourth-order valence-electron chi connectivity index (χ4n) is 3.43. The van der Waals surface area contributed by atoms with Crippen molar-refractivity contribution in [1.29, 1.82) is 0 Å². The van der Waals surface area contributed by atoms with Gasteiger partial charge in [0.2, 0.25) is 0 Å². The summed E-state index contributed by atoms with van der Waals surface area (Å²) < 4.78 is 27.8. The molecule has 3 aromatic rings. The highest BCUT2D eigenvalue weighted by atomic mass is 32.2. The van der Waals surface area contributed by atoms with Gasteiger partial charge in [-0.15, -0.1) is 0 Å². The fourth-order valence-corrected chi connectivity index (χ4v) is 4.79. The molecule has 0 spiro atoms. The Hall–Kier alpha value is -2.54. The van der Waals surface area contributed by atoms with E-state index in [-0.39, 0.29) is 5.75 Å². The van der Waals surface area contributed by atoms with Gasteiger partial charge in [0, 0.05) is 24.3 Å². The van der Waals surface area contributed by atoms with Crippen LogP contribution >= 0.6 is 0 Å². The number of para-hydroxylation sites is 1. The Morgan fingerprint density at radius 3 is 2.69 bits per heavy atom. The standard InChI is InChI=1S/C19H20N4O2S/c1-14(17-12-20-10-11-21-17)26(24,25)13-18-16-8-5-9-19(16)23(22-18)15-6-3-2-4-7-15/h2-4,6-7,10-12,14H,5,8-9,13H2,1H3. The summed E-state index contributed by atoms with van der Waals surface area (Å²) in [6.45, 7) is 1.66. The van der Waals surface area contributed by atoms with Gasteiger partial charge in [-0.25, -0.2) is 13.1 Å². The van der Waals surface area contributed by atoms with Crippen LogP contribution < -0.4 is 0 Å². The van der Waals surface area contributed by atoms with Gasteiger partial charge in [-0.2, -0.15) is 5.10 Å². The van der Waals surface area contributed by atoms with E-state index >= 15 is 0 Å². The van der Waals surface area contributed by atoms with Gasteiger partial charge >= 0.3 is 0 Å². The van der Waals surface area contributed by atoms with Crippen molar-refractivity contribution in [1.82, 2.24) is 19.7 Å². The van der Waals surface area contributed by atoms with Crippen molar-refractivity contribution in [3.8, 4) is 5.69 Å². The predicted octanol–water partition coefficient (Wildman–Crippen LogP) is 2.83. The lowest BCUT2D eigenvalue weighted by molar-refractivity contribution is 0.582. The summed E-state index contributed by atoms with van der Waals surface area (Å²) in [6.07, 6.45) is 7.41. The fraction of sp³-hybridized carbons (Fsp3) is 0.316. The van der Waals surface area contributed by atoms with Gasteiger partial charge in [0.15, 0.2) is 9.84 Å². The van der Waals surface area contributed by atoms with Crippen LogP contribution in [0.1, 0.15) is 41.2 Å². The van der Waals surface area contributed by atoms with Gasteiger partial charge in [0.1, 0.15) is 5.25 Å². The molecule has 2 aromatic heterocycles. The van der Waals surface area contributed by atoms with Crippen LogP contribution in [-0.4, -0.2) is 28.2 Å². The molecule has 2 heterocycles.